The first-order chi connectivity index (χ1) is 9.31. The zero-order valence-electron chi connectivity index (χ0n) is 11.9. The molecular formula is C15H26N4. The van der Waals surface area contributed by atoms with Crippen LogP contribution in [0.15, 0.2) is 6.33 Å². The van der Waals surface area contributed by atoms with Crippen molar-refractivity contribution in [3.8, 4) is 0 Å². The average Bonchev–Trinajstić information content (AvgIpc) is 2.79. The smallest absolute Gasteiger partial charge is 0.0925 e. The Balaban J connectivity index is 1.45. The molecule has 1 aliphatic heterocycles. The third-order valence-corrected chi connectivity index (χ3v) is 4.73. The molecule has 3 unspecified atom stereocenters. The zero-order valence-corrected chi connectivity index (χ0v) is 11.9. The van der Waals surface area contributed by atoms with Crippen LogP contribution >= 0.6 is 0 Å². The Morgan fingerprint density at radius 2 is 2.26 bits per heavy atom. The lowest BCUT2D eigenvalue weighted by atomic mass is 10.0. The van der Waals surface area contributed by atoms with Gasteiger partial charge >= 0.3 is 0 Å². The second kappa shape index (κ2) is 6.06. The summed E-state index contributed by atoms with van der Waals surface area (Å²) >= 11 is 0. The van der Waals surface area contributed by atoms with Gasteiger partial charge in [0, 0.05) is 31.6 Å². The number of imidazole rings is 1. The molecule has 0 amide bonds. The monoisotopic (exact) mass is 262 g/mol. The van der Waals surface area contributed by atoms with Crippen molar-refractivity contribution in [2.75, 3.05) is 6.54 Å². The van der Waals surface area contributed by atoms with E-state index in [0.717, 1.165) is 31.5 Å². The highest BCUT2D eigenvalue weighted by atomic mass is 15.0. The Hall–Kier alpha value is -0.870. The van der Waals surface area contributed by atoms with Gasteiger partial charge in [-0.1, -0.05) is 19.8 Å². The number of rotatable bonds is 3. The highest BCUT2D eigenvalue weighted by Crippen LogP contribution is 2.22. The second-order valence-corrected chi connectivity index (χ2v) is 6.33. The molecule has 2 heterocycles. The molecule has 0 saturated heterocycles. The largest absolute Gasteiger partial charge is 0.347 e. The lowest BCUT2D eigenvalue weighted by molar-refractivity contribution is 0.385. The fraction of sp³-hybridized carbons (Fsp3) is 0.800. The molecule has 0 aromatic carbocycles. The zero-order chi connectivity index (χ0) is 13.1. The first-order valence-corrected chi connectivity index (χ1v) is 7.79. The molecule has 3 rings (SSSR count). The van der Waals surface area contributed by atoms with Crippen LogP contribution in [0.25, 0.3) is 0 Å². The molecule has 0 radical (unpaired) electrons. The summed E-state index contributed by atoms with van der Waals surface area (Å²) < 4.78 is 0. The molecule has 3 N–H and O–H groups in total. The van der Waals surface area contributed by atoms with E-state index in [1.807, 2.05) is 6.33 Å². The maximum absolute atomic E-state index is 4.40. The van der Waals surface area contributed by atoms with E-state index in [1.165, 1.54) is 43.5 Å². The Morgan fingerprint density at radius 3 is 3.21 bits per heavy atom. The summed E-state index contributed by atoms with van der Waals surface area (Å²) in [6.45, 7) is 4.40. The highest BCUT2D eigenvalue weighted by molar-refractivity contribution is 5.15. The highest BCUT2D eigenvalue weighted by Gasteiger charge is 2.21. The minimum Gasteiger partial charge on any atom is -0.347 e. The lowest BCUT2D eigenvalue weighted by Crippen LogP contribution is -2.45. The van der Waals surface area contributed by atoms with Gasteiger partial charge in [-0.2, -0.15) is 0 Å². The molecule has 1 aromatic rings. The van der Waals surface area contributed by atoms with Crippen molar-refractivity contribution < 1.29 is 0 Å². The first kappa shape index (κ1) is 13.1. The van der Waals surface area contributed by atoms with Crippen LogP contribution in [0.4, 0.5) is 0 Å². The number of aromatic nitrogens is 2. The summed E-state index contributed by atoms with van der Waals surface area (Å²) in [5.74, 6) is 0.922. The molecular weight excluding hydrogens is 236 g/mol. The summed E-state index contributed by atoms with van der Waals surface area (Å²) in [6.07, 6.45) is 9.76. The van der Waals surface area contributed by atoms with Crippen LogP contribution in [0.1, 0.15) is 50.4 Å². The third kappa shape index (κ3) is 3.37. The van der Waals surface area contributed by atoms with Crippen molar-refractivity contribution in [1.29, 1.82) is 0 Å². The van der Waals surface area contributed by atoms with Crippen LogP contribution in [-0.2, 0) is 13.0 Å². The molecule has 4 nitrogen and oxygen atoms in total. The Morgan fingerprint density at radius 1 is 1.32 bits per heavy atom. The molecule has 1 saturated carbocycles. The van der Waals surface area contributed by atoms with Gasteiger partial charge in [0.15, 0.2) is 0 Å². The molecule has 19 heavy (non-hydrogen) atoms. The van der Waals surface area contributed by atoms with Crippen molar-refractivity contribution in [3.05, 3.63) is 17.7 Å². The molecule has 0 spiro atoms. The van der Waals surface area contributed by atoms with Crippen molar-refractivity contribution in [2.24, 2.45) is 5.92 Å². The molecule has 1 aliphatic carbocycles. The van der Waals surface area contributed by atoms with E-state index < -0.39 is 0 Å². The lowest BCUT2D eigenvalue weighted by Gasteiger charge is -2.26. The molecule has 1 aromatic heterocycles. The van der Waals surface area contributed by atoms with Gasteiger partial charge in [-0.05, 0) is 25.2 Å². The fourth-order valence-corrected chi connectivity index (χ4v) is 3.37. The van der Waals surface area contributed by atoms with Crippen LogP contribution in [-0.4, -0.2) is 28.6 Å². The van der Waals surface area contributed by atoms with Crippen molar-refractivity contribution >= 4 is 0 Å². The summed E-state index contributed by atoms with van der Waals surface area (Å²) in [5.41, 5.74) is 2.51. The number of fused-ring (bicyclic) bond motifs is 1. The van der Waals surface area contributed by atoms with E-state index in [9.17, 15) is 0 Å². The van der Waals surface area contributed by atoms with Gasteiger partial charge in [-0.25, -0.2) is 4.98 Å². The van der Waals surface area contributed by atoms with Gasteiger partial charge in [0.2, 0.25) is 0 Å². The maximum Gasteiger partial charge on any atom is 0.0925 e. The topological polar surface area (TPSA) is 52.7 Å². The molecule has 0 bridgehead atoms. The van der Waals surface area contributed by atoms with Crippen molar-refractivity contribution in [2.45, 2.75) is 64.1 Å². The van der Waals surface area contributed by atoms with E-state index in [0.29, 0.717) is 6.04 Å². The number of nitrogens with one attached hydrogen (secondary N) is 3. The Labute approximate surface area is 115 Å². The van der Waals surface area contributed by atoms with Crippen LogP contribution < -0.4 is 10.6 Å². The predicted molar refractivity (Wildman–Crippen MR) is 77.0 cm³/mol. The third-order valence-electron chi connectivity index (χ3n) is 4.73. The molecule has 1 fully saturated rings. The van der Waals surface area contributed by atoms with E-state index in [1.54, 1.807) is 0 Å². The second-order valence-electron chi connectivity index (χ2n) is 6.33. The Kier molecular flexibility index (Phi) is 4.18. The summed E-state index contributed by atoms with van der Waals surface area (Å²) in [4.78, 5) is 7.61. The number of nitrogens with zero attached hydrogens (tertiary/aromatic N) is 1. The quantitative estimate of drug-likeness (QED) is 0.730. The maximum atomic E-state index is 4.40. The minimum absolute atomic E-state index is 0.538. The molecule has 2 aliphatic rings. The van der Waals surface area contributed by atoms with Gasteiger partial charge in [0.25, 0.3) is 0 Å². The Bertz CT molecular complexity index is 401. The van der Waals surface area contributed by atoms with Crippen molar-refractivity contribution in [3.63, 3.8) is 0 Å². The molecule has 106 valence electrons. The normalized spacial score (nSPS) is 31.7. The summed E-state index contributed by atoms with van der Waals surface area (Å²) in [6, 6.07) is 1.27. The van der Waals surface area contributed by atoms with Crippen LogP contribution in [0.2, 0.25) is 0 Å². The van der Waals surface area contributed by atoms with Crippen LogP contribution in [0, 0.1) is 5.92 Å². The van der Waals surface area contributed by atoms with E-state index >= 15 is 0 Å². The van der Waals surface area contributed by atoms with Gasteiger partial charge < -0.3 is 15.6 Å². The van der Waals surface area contributed by atoms with Gasteiger partial charge in [0.05, 0.1) is 17.7 Å². The fourth-order valence-electron chi connectivity index (χ4n) is 3.37. The summed E-state index contributed by atoms with van der Waals surface area (Å²) in [7, 11) is 0. The van der Waals surface area contributed by atoms with Gasteiger partial charge in [-0.3, -0.25) is 0 Å². The standard InChI is InChI=1S/C15H26N4/c1-11-3-2-4-12(6-5-11)16-8-13-7-14-15(9-17-13)19-10-18-14/h10-13,16-17H,2-9H2,1H3,(H,18,19). The van der Waals surface area contributed by atoms with Gasteiger partial charge in [-0.15, -0.1) is 0 Å². The van der Waals surface area contributed by atoms with Crippen molar-refractivity contribution in [1.82, 2.24) is 20.6 Å². The number of hydrogen-bond donors (Lipinski definition) is 3. The van der Waals surface area contributed by atoms with E-state index in [4.69, 9.17) is 0 Å². The van der Waals surface area contributed by atoms with Crippen LogP contribution in [0.5, 0.6) is 0 Å². The number of aromatic amines is 1. The molecule has 4 heteroatoms. The predicted octanol–water partition coefficient (Wildman–Crippen LogP) is 1.98. The summed E-state index contributed by atoms with van der Waals surface area (Å²) in [5, 5.41) is 7.37. The van der Waals surface area contributed by atoms with Gasteiger partial charge in [0.1, 0.15) is 0 Å². The average molecular weight is 262 g/mol. The molecule has 3 atom stereocenters. The number of H-pyrrole nitrogens is 1. The van der Waals surface area contributed by atoms with E-state index in [2.05, 4.69) is 27.5 Å². The van der Waals surface area contributed by atoms with E-state index in [-0.39, 0.29) is 0 Å². The number of hydrogen-bond acceptors (Lipinski definition) is 3. The SMILES string of the molecule is CC1CCCC(NCC2Cc3nc[nH]c3CN2)CC1. The van der Waals surface area contributed by atoms with Crippen LogP contribution in [0.3, 0.4) is 0 Å². The minimum atomic E-state index is 0.538. The first-order valence-electron chi connectivity index (χ1n) is 7.79.